The van der Waals surface area contributed by atoms with Gasteiger partial charge in [-0.1, -0.05) is 53.7 Å². The van der Waals surface area contributed by atoms with Gasteiger partial charge in [-0.15, -0.1) is 5.10 Å². The maximum atomic E-state index is 13.2. The van der Waals surface area contributed by atoms with Gasteiger partial charge in [0.25, 0.3) is 11.8 Å². The van der Waals surface area contributed by atoms with Crippen molar-refractivity contribution in [2.24, 2.45) is 0 Å². The fraction of sp³-hybridized carbons (Fsp3) is 0.200. The molecule has 5 aromatic rings. The zero-order chi connectivity index (χ0) is 29.5. The topological polar surface area (TPSA) is 114 Å². The predicted molar refractivity (Wildman–Crippen MR) is 149 cm³/mol. The molecule has 2 aromatic heterocycles. The van der Waals surface area contributed by atoms with Gasteiger partial charge in [0.15, 0.2) is 5.69 Å². The molecule has 2 heterocycles. The number of nitrogens with one attached hydrogen (secondary N) is 3. The third-order valence-corrected chi connectivity index (χ3v) is 6.51. The number of benzene rings is 3. The molecule has 3 aromatic carbocycles. The van der Waals surface area contributed by atoms with E-state index in [0.717, 1.165) is 22.0 Å². The van der Waals surface area contributed by atoms with Crippen molar-refractivity contribution in [2.45, 2.75) is 25.8 Å². The van der Waals surface area contributed by atoms with E-state index in [1.807, 2.05) is 66.1 Å². The van der Waals surface area contributed by atoms with E-state index in [9.17, 15) is 22.8 Å². The molecular weight excluding hydrogens is 549 g/mol. The number of amides is 2. The zero-order valence-corrected chi connectivity index (χ0v) is 22.3. The van der Waals surface area contributed by atoms with Crippen molar-refractivity contribution in [1.29, 1.82) is 0 Å². The number of nitrogens with zero attached hydrogens (tertiary/aromatic N) is 3. The molecule has 9 nitrogen and oxygen atoms in total. The minimum atomic E-state index is -4.52. The summed E-state index contributed by atoms with van der Waals surface area (Å²) in [4.78, 5) is 28.5. The molecule has 2 amide bonds. The van der Waals surface area contributed by atoms with Crippen LogP contribution in [0.5, 0.6) is 0 Å². The Morgan fingerprint density at radius 3 is 2.38 bits per heavy atom. The van der Waals surface area contributed by atoms with Gasteiger partial charge < -0.3 is 20.4 Å². The largest absolute Gasteiger partial charge is 0.405 e. The Labute approximate surface area is 238 Å². The van der Waals surface area contributed by atoms with Crippen molar-refractivity contribution in [3.05, 3.63) is 113 Å². The Kier molecular flexibility index (Phi) is 8.63. The average Bonchev–Trinajstić information content (AvgIpc) is 3.61. The smallest absolute Gasteiger partial charge is 0.370 e. The van der Waals surface area contributed by atoms with Crippen LogP contribution in [-0.4, -0.2) is 51.1 Å². The molecule has 0 spiro atoms. The van der Waals surface area contributed by atoms with Crippen molar-refractivity contribution in [1.82, 2.24) is 30.6 Å². The van der Waals surface area contributed by atoms with Crippen molar-refractivity contribution in [3.63, 3.8) is 0 Å². The van der Waals surface area contributed by atoms with Gasteiger partial charge in [-0.2, -0.15) is 13.2 Å². The molecule has 5 rings (SSSR count). The third kappa shape index (κ3) is 7.02. The van der Waals surface area contributed by atoms with E-state index in [1.54, 1.807) is 0 Å². The number of aromatic nitrogens is 4. The minimum Gasteiger partial charge on any atom is -0.370 e. The summed E-state index contributed by atoms with van der Waals surface area (Å²) in [5, 5.41) is 14.1. The lowest BCUT2D eigenvalue weighted by atomic mass is 10.1. The molecule has 0 unspecified atom stereocenters. The number of ether oxygens (including phenoxy) is 1. The van der Waals surface area contributed by atoms with Crippen LogP contribution in [0.15, 0.2) is 85.1 Å². The van der Waals surface area contributed by atoms with Crippen LogP contribution in [0, 0.1) is 0 Å². The van der Waals surface area contributed by atoms with Gasteiger partial charge >= 0.3 is 6.18 Å². The quantitative estimate of drug-likeness (QED) is 0.210. The summed E-state index contributed by atoms with van der Waals surface area (Å²) in [6.07, 6.45) is -2.00. The van der Waals surface area contributed by atoms with E-state index in [-0.39, 0.29) is 24.5 Å². The normalized spacial score (nSPS) is 11.5. The van der Waals surface area contributed by atoms with E-state index in [0.29, 0.717) is 24.3 Å². The van der Waals surface area contributed by atoms with Crippen molar-refractivity contribution in [2.75, 3.05) is 13.1 Å². The van der Waals surface area contributed by atoms with Gasteiger partial charge in [0.05, 0.1) is 18.9 Å². The molecule has 0 atom stereocenters. The molecule has 42 heavy (non-hydrogen) atoms. The molecular formula is C30H27F3N6O3. The second-order valence-electron chi connectivity index (χ2n) is 9.49. The maximum absolute atomic E-state index is 13.2. The first kappa shape index (κ1) is 28.6. The number of hydrogen-bond donors (Lipinski definition) is 3. The standard InChI is InChI=1S/C30H27F3N6O3/c31-30(32,33)19-36-28(40)21-10-12-23(13-11-21)39-26(18-42-17-20-6-2-1-3-7-20)27(37-38-39)29(41)34-15-14-22-16-35-25-9-5-4-8-24(22)25/h1-13,16,35H,14-15,17-19H2,(H,34,41)(H,36,40). The van der Waals surface area contributed by atoms with Crippen LogP contribution in [-0.2, 0) is 24.4 Å². The van der Waals surface area contributed by atoms with Gasteiger partial charge in [-0.05, 0) is 47.9 Å². The SMILES string of the molecule is O=C(NCC(F)(F)F)c1ccc(-n2nnc(C(=O)NCCc3c[nH]c4ccccc34)c2COCc2ccccc2)cc1. The molecule has 0 saturated heterocycles. The molecule has 0 bridgehead atoms. The van der Waals surface area contributed by atoms with Gasteiger partial charge in [-0.25, -0.2) is 4.68 Å². The molecule has 0 saturated carbocycles. The first-order valence-corrected chi connectivity index (χ1v) is 13.1. The number of rotatable bonds is 11. The van der Waals surface area contributed by atoms with Crippen LogP contribution < -0.4 is 10.6 Å². The van der Waals surface area contributed by atoms with Crippen molar-refractivity contribution >= 4 is 22.7 Å². The number of para-hydroxylation sites is 1. The lowest BCUT2D eigenvalue weighted by Gasteiger charge is -2.11. The monoisotopic (exact) mass is 576 g/mol. The lowest BCUT2D eigenvalue weighted by molar-refractivity contribution is -0.123. The third-order valence-electron chi connectivity index (χ3n) is 6.51. The molecule has 0 aliphatic carbocycles. The van der Waals surface area contributed by atoms with Crippen molar-refractivity contribution < 1.29 is 27.5 Å². The summed E-state index contributed by atoms with van der Waals surface area (Å²) in [7, 11) is 0. The summed E-state index contributed by atoms with van der Waals surface area (Å²) in [6, 6.07) is 23.2. The van der Waals surface area contributed by atoms with Crippen LogP contribution >= 0.6 is 0 Å². The molecule has 3 N–H and O–H groups in total. The fourth-order valence-corrected chi connectivity index (χ4v) is 4.42. The summed E-state index contributed by atoms with van der Waals surface area (Å²) >= 11 is 0. The van der Waals surface area contributed by atoms with Gasteiger partial charge in [-0.3, -0.25) is 9.59 Å². The minimum absolute atomic E-state index is 0.000909. The number of carbonyl (C=O) groups excluding carboxylic acids is 2. The highest BCUT2D eigenvalue weighted by atomic mass is 19.4. The predicted octanol–water partition coefficient (Wildman–Crippen LogP) is 4.73. The van der Waals surface area contributed by atoms with Crippen LogP contribution in [0.4, 0.5) is 13.2 Å². The van der Waals surface area contributed by atoms with E-state index >= 15 is 0 Å². The summed E-state index contributed by atoms with van der Waals surface area (Å²) < 4.78 is 44.7. The Morgan fingerprint density at radius 1 is 0.881 bits per heavy atom. The fourth-order valence-electron chi connectivity index (χ4n) is 4.42. The molecule has 216 valence electrons. The Hall–Kier alpha value is -4.97. The number of fused-ring (bicyclic) bond motifs is 1. The number of hydrogen-bond acceptors (Lipinski definition) is 5. The molecule has 0 radical (unpaired) electrons. The van der Waals surface area contributed by atoms with E-state index in [2.05, 4.69) is 20.6 Å². The van der Waals surface area contributed by atoms with Gasteiger partial charge in [0, 0.05) is 29.2 Å². The highest BCUT2D eigenvalue weighted by Gasteiger charge is 2.28. The Bertz CT molecular complexity index is 1660. The van der Waals surface area contributed by atoms with Gasteiger partial charge in [0.1, 0.15) is 12.2 Å². The van der Waals surface area contributed by atoms with Crippen LogP contribution in [0.2, 0.25) is 0 Å². The Balaban J connectivity index is 1.31. The molecule has 0 aliphatic heterocycles. The van der Waals surface area contributed by atoms with E-state index in [1.165, 1.54) is 28.9 Å². The second-order valence-corrected chi connectivity index (χ2v) is 9.49. The number of alkyl halides is 3. The molecule has 12 heteroatoms. The van der Waals surface area contributed by atoms with E-state index < -0.39 is 24.5 Å². The van der Waals surface area contributed by atoms with Crippen molar-refractivity contribution in [3.8, 4) is 5.69 Å². The zero-order valence-electron chi connectivity index (χ0n) is 22.3. The average molecular weight is 577 g/mol. The van der Waals surface area contributed by atoms with Crippen LogP contribution in [0.1, 0.15) is 37.7 Å². The number of H-pyrrole nitrogens is 1. The van der Waals surface area contributed by atoms with Crippen LogP contribution in [0.25, 0.3) is 16.6 Å². The molecule has 0 fully saturated rings. The van der Waals surface area contributed by atoms with Gasteiger partial charge in [0.2, 0.25) is 0 Å². The first-order valence-electron chi connectivity index (χ1n) is 13.1. The molecule has 0 aliphatic rings. The van der Waals surface area contributed by atoms with E-state index in [4.69, 9.17) is 4.74 Å². The van der Waals surface area contributed by atoms with Crippen LogP contribution in [0.3, 0.4) is 0 Å². The second kappa shape index (κ2) is 12.7. The highest BCUT2D eigenvalue weighted by molar-refractivity contribution is 5.94. The highest BCUT2D eigenvalue weighted by Crippen LogP contribution is 2.19. The first-order chi connectivity index (χ1) is 20.3. The summed E-state index contributed by atoms with van der Waals surface area (Å²) in [6.45, 7) is -0.787. The number of halogens is 3. The number of aromatic amines is 1. The summed E-state index contributed by atoms with van der Waals surface area (Å²) in [5.74, 6) is -1.29. The lowest BCUT2D eigenvalue weighted by Crippen LogP contribution is -2.33. The maximum Gasteiger partial charge on any atom is 0.405 e. The summed E-state index contributed by atoms with van der Waals surface area (Å²) in [5.41, 5.74) is 3.98. The Morgan fingerprint density at radius 2 is 1.62 bits per heavy atom. The number of carbonyl (C=O) groups is 2.